The van der Waals surface area contributed by atoms with E-state index in [1.165, 1.54) is 0 Å². The molecule has 1 aromatic rings. The zero-order valence-electron chi connectivity index (χ0n) is 8.00. The van der Waals surface area contributed by atoms with Crippen molar-refractivity contribution in [1.29, 1.82) is 0 Å². The van der Waals surface area contributed by atoms with Crippen LogP contribution in [0.2, 0.25) is 5.02 Å². The Morgan fingerprint density at radius 1 is 1.38 bits per heavy atom. The van der Waals surface area contributed by atoms with E-state index in [9.17, 15) is 0 Å². The third-order valence-electron chi connectivity index (χ3n) is 1.83. The van der Waals surface area contributed by atoms with Crippen LogP contribution in [0.5, 0.6) is 0 Å². The fraction of sp³-hybridized carbons (Fsp3) is 0.400. The van der Waals surface area contributed by atoms with Crippen molar-refractivity contribution in [3.05, 3.63) is 29.3 Å². The zero-order valence-corrected chi connectivity index (χ0v) is 8.75. The quantitative estimate of drug-likeness (QED) is 0.807. The number of halogens is 1. The standard InChI is InChI=1S/C10H15ClN2/c1-8(12)7-13(2)10-5-3-9(11)4-6-10/h3-6,8H,7,12H2,1-2H3. The predicted octanol–water partition coefficient (Wildman–Crippen LogP) is 2.12. The highest BCUT2D eigenvalue weighted by atomic mass is 35.5. The van der Waals surface area contributed by atoms with Crippen LogP contribution in [-0.4, -0.2) is 19.6 Å². The molecule has 1 unspecified atom stereocenters. The topological polar surface area (TPSA) is 29.3 Å². The molecule has 0 spiro atoms. The largest absolute Gasteiger partial charge is 0.373 e. The molecule has 0 aliphatic heterocycles. The summed E-state index contributed by atoms with van der Waals surface area (Å²) in [6, 6.07) is 7.93. The van der Waals surface area contributed by atoms with E-state index in [-0.39, 0.29) is 6.04 Å². The van der Waals surface area contributed by atoms with Crippen LogP contribution in [0.15, 0.2) is 24.3 Å². The fourth-order valence-corrected chi connectivity index (χ4v) is 1.36. The number of hydrogen-bond donors (Lipinski definition) is 1. The molecule has 2 N–H and O–H groups in total. The molecule has 2 nitrogen and oxygen atoms in total. The summed E-state index contributed by atoms with van der Waals surface area (Å²) in [5, 5.41) is 0.762. The summed E-state index contributed by atoms with van der Waals surface area (Å²) >= 11 is 5.78. The smallest absolute Gasteiger partial charge is 0.0407 e. The molecule has 0 saturated heterocycles. The minimum absolute atomic E-state index is 0.181. The van der Waals surface area contributed by atoms with Gasteiger partial charge in [-0.25, -0.2) is 0 Å². The highest BCUT2D eigenvalue weighted by Gasteiger charge is 2.02. The van der Waals surface area contributed by atoms with Gasteiger partial charge in [0.05, 0.1) is 0 Å². The second-order valence-corrected chi connectivity index (χ2v) is 3.77. The Kier molecular flexibility index (Phi) is 3.58. The summed E-state index contributed by atoms with van der Waals surface area (Å²) in [4.78, 5) is 2.11. The van der Waals surface area contributed by atoms with Gasteiger partial charge in [-0.3, -0.25) is 0 Å². The van der Waals surface area contributed by atoms with Gasteiger partial charge in [0.15, 0.2) is 0 Å². The van der Waals surface area contributed by atoms with Gasteiger partial charge in [0.25, 0.3) is 0 Å². The highest BCUT2D eigenvalue weighted by Crippen LogP contribution is 2.16. The van der Waals surface area contributed by atoms with E-state index < -0.39 is 0 Å². The molecule has 3 heteroatoms. The summed E-state index contributed by atoms with van der Waals surface area (Å²) in [6.45, 7) is 2.84. The van der Waals surface area contributed by atoms with E-state index in [2.05, 4.69) is 4.90 Å². The Balaban J connectivity index is 2.66. The Morgan fingerprint density at radius 2 is 1.92 bits per heavy atom. The molecule has 0 amide bonds. The lowest BCUT2D eigenvalue weighted by Gasteiger charge is -2.21. The average Bonchev–Trinajstić information content (AvgIpc) is 2.04. The maximum absolute atomic E-state index is 5.78. The van der Waals surface area contributed by atoms with E-state index >= 15 is 0 Å². The van der Waals surface area contributed by atoms with Crippen molar-refractivity contribution < 1.29 is 0 Å². The Morgan fingerprint density at radius 3 is 2.38 bits per heavy atom. The molecule has 1 atom stereocenters. The molecule has 0 radical (unpaired) electrons. The van der Waals surface area contributed by atoms with Gasteiger partial charge in [-0.1, -0.05) is 11.6 Å². The Hall–Kier alpha value is -0.730. The summed E-state index contributed by atoms with van der Waals surface area (Å²) in [5.41, 5.74) is 6.83. The van der Waals surface area contributed by atoms with Crippen molar-refractivity contribution in [2.24, 2.45) is 5.73 Å². The lowest BCUT2D eigenvalue weighted by molar-refractivity contribution is 0.718. The van der Waals surface area contributed by atoms with Gasteiger partial charge < -0.3 is 10.6 Å². The van der Waals surface area contributed by atoms with Crippen LogP contribution >= 0.6 is 11.6 Å². The van der Waals surface area contributed by atoms with Gasteiger partial charge >= 0.3 is 0 Å². The number of anilines is 1. The third kappa shape index (κ3) is 3.25. The lowest BCUT2D eigenvalue weighted by Crippen LogP contribution is -2.32. The van der Waals surface area contributed by atoms with Gasteiger partial charge in [-0.2, -0.15) is 0 Å². The number of nitrogens with zero attached hydrogens (tertiary/aromatic N) is 1. The number of benzene rings is 1. The van der Waals surface area contributed by atoms with Crippen LogP contribution in [0.4, 0.5) is 5.69 Å². The van der Waals surface area contributed by atoms with Crippen LogP contribution < -0.4 is 10.6 Å². The van der Waals surface area contributed by atoms with E-state index in [4.69, 9.17) is 17.3 Å². The monoisotopic (exact) mass is 198 g/mol. The molecule has 0 fully saturated rings. The highest BCUT2D eigenvalue weighted by molar-refractivity contribution is 6.30. The molecule has 1 aromatic carbocycles. The summed E-state index contributed by atoms with van der Waals surface area (Å²) in [5.74, 6) is 0. The van der Waals surface area contributed by atoms with Crippen molar-refractivity contribution in [2.45, 2.75) is 13.0 Å². The first kappa shape index (κ1) is 10.4. The third-order valence-corrected chi connectivity index (χ3v) is 2.08. The molecule has 0 saturated carbocycles. The van der Waals surface area contributed by atoms with Crippen molar-refractivity contribution in [2.75, 3.05) is 18.5 Å². The molecule has 72 valence electrons. The molecule has 1 rings (SSSR count). The molecule has 0 bridgehead atoms. The maximum atomic E-state index is 5.78. The minimum Gasteiger partial charge on any atom is -0.373 e. The molecular weight excluding hydrogens is 184 g/mol. The van der Waals surface area contributed by atoms with Gasteiger partial charge in [0.2, 0.25) is 0 Å². The van der Waals surface area contributed by atoms with Gasteiger partial charge in [0.1, 0.15) is 0 Å². The summed E-state index contributed by atoms with van der Waals surface area (Å²) in [6.07, 6.45) is 0. The van der Waals surface area contributed by atoms with Crippen LogP contribution in [0.3, 0.4) is 0 Å². The van der Waals surface area contributed by atoms with Crippen LogP contribution in [-0.2, 0) is 0 Å². The van der Waals surface area contributed by atoms with Gasteiger partial charge in [-0.05, 0) is 31.2 Å². The predicted molar refractivity (Wildman–Crippen MR) is 58.4 cm³/mol. The van der Waals surface area contributed by atoms with Crippen molar-refractivity contribution in [3.8, 4) is 0 Å². The van der Waals surface area contributed by atoms with Crippen molar-refractivity contribution in [1.82, 2.24) is 0 Å². The first-order valence-electron chi connectivity index (χ1n) is 4.32. The molecule has 0 heterocycles. The minimum atomic E-state index is 0.181. The molecule has 0 aliphatic rings. The summed E-state index contributed by atoms with van der Waals surface area (Å²) < 4.78 is 0. The Bertz CT molecular complexity index is 256. The van der Waals surface area contributed by atoms with E-state index in [1.807, 2.05) is 38.2 Å². The van der Waals surface area contributed by atoms with Crippen molar-refractivity contribution in [3.63, 3.8) is 0 Å². The lowest BCUT2D eigenvalue weighted by atomic mass is 10.2. The van der Waals surface area contributed by atoms with Crippen LogP contribution in [0.1, 0.15) is 6.92 Å². The molecule has 0 aliphatic carbocycles. The number of rotatable bonds is 3. The second kappa shape index (κ2) is 4.49. The van der Waals surface area contributed by atoms with E-state index in [0.29, 0.717) is 0 Å². The van der Waals surface area contributed by atoms with E-state index in [1.54, 1.807) is 0 Å². The second-order valence-electron chi connectivity index (χ2n) is 3.33. The first-order chi connectivity index (χ1) is 6.09. The van der Waals surface area contributed by atoms with Gasteiger partial charge in [0, 0.05) is 30.3 Å². The maximum Gasteiger partial charge on any atom is 0.0407 e. The van der Waals surface area contributed by atoms with Gasteiger partial charge in [-0.15, -0.1) is 0 Å². The zero-order chi connectivity index (χ0) is 9.84. The number of nitrogens with two attached hydrogens (primary N) is 1. The molecule has 0 aromatic heterocycles. The first-order valence-corrected chi connectivity index (χ1v) is 4.69. The van der Waals surface area contributed by atoms with Crippen LogP contribution in [0.25, 0.3) is 0 Å². The van der Waals surface area contributed by atoms with Crippen LogP contribution in [0, 0.1) is 0 Å². The Labute approximate surface area is 84.3 Å². The SMILES string of the molecule is CC(N)CN(C)c1ccc(Cl)cc1. The fourth-order valence-electron chi connectivity index (χ4n) is 1.23. The molecular formula is C10H15ClN2. The number of hydrogen-bond acceptors (Lipinski definition) is 2. The van der Waals surface area contributed by atoms with E-state index in [0.717, 1.165) is 17.3 Å². The average molecular weight is 199 g/mol. The summed E-state index contributed by atoms with van der Waals surface area (Å²) in [7, 11) is 2.02. The number of likely N-dealkylation sites (N-methyl/N-ethyl adjacent to an activating group) is 1. The molecule has 13 heavy (non-hydrogen) atoms. The normalized spacial score (nSPS) is 12.6. The van der Waals surface area contributed by atoms with Crippen molar-refractivity contribution >= 4 is 17.3 Å².